The number of carbonyl (C=O) groups excluding carboxylic acids is 2. The van der Waals surface area contributed by atoms with Crippen LogP contribution < -0.4 is 10.2 Å². The highest BCUT2D eigenvalue weighted by molar-refractivity contribution is 6.33. The van der Waals surface area contributed by atoms with Crippen molar-refractivity contribution in [1.29, 1.82) is 0 Å². The van der Waals surface area contributed by atoms with Gasteiger partial charge >= 0.3 is 0 Å². The number of hydrogen-bond acceptors (Lipinski definition) is 4. The molecule has 0 bridgehead atoms. The van der Waals surface area contributed by atoms with Crippen molar-refractivity contribution < 1.29 is 19.1 Å². The highest BCUT2D eigenvalue weighted by Crippen LogP contribution is 2.31. The summed E-state index contributed by atoms with van der Waals surface area (Å²) in [6, 6.07) is 6.96. The fourth-order valence-corrected chi connectivity index (χ4v) is 3.19. The van der Waals surface area contributed by atoms with Crippen molar-refractivity contribution in [2.75, 3.05) is 38.4 Å². The van der Waals surface area contributed by atoms with Crippen LogP contribution in [0.2, 0.25) is 5.02 Å². The second kappa shape index (κ2) is 6.47. The number of halogens is 1. The third kappa shape index (κ3) is 3.06. The van der Waals surface area contributed by atoms with Gasteiger partial charge in [0, 0.05) is 20.1 Å². The second-order valence-corrected chi connectivity index (χ2v) is 6.44. The number of ether oxygens (including phenoxy) is 2. The molecule has 124 valence electrons. The Morgan fingerprint density at radius 1 is 1.48 bits per heavy atom. The van der Waals surface area contributed by atoms with Crippen LogP contribution in [0.25, 0.3) is 0 Å². The number of carbonyl (C=O) groups is 2. The molecule has 1 unspecified atom stereocenters. The molecular formula is C16H19ClN2O4. The molecule has 0 spiro atoms. The monoisotopic (exact) mass is 338 g/mol. The summed E-state index contributed by atoms with van der Waals surface area (Å²) in [6.45, 7) is 1.43. The standard InChI is InChI=1S/C16H19ClN2O4/c1-22-8-16(9-23-10-16)15(21)18-11-6-14(20)19(7-11)13-5-3-2-4-12(13)17/h2-5,11H,6-10H2,1H3,(H,18,21). The molecule has 0 saturated carbocycles. The predicted octanol–water partition coefficient (Wildman–Crippen LogP) is 1.22. The predicted molar refractivity (Wildman–Crippen MR) is 85.5 cm³/mol. The summed E-state index contributed by atoms with van der Waals surface area (Å²) in [6.07, 6.45) is 0.265. The summed E-state index contributed by atoms with van der Waals surface area (Å²) in [5, 5.41) is 3.48. The molecule has 2 saturated heterocycles. The minimum atomic E-state index is -0.629. The van der Waals surface area contributed by atoms with E-state index < -0.39 is 5.41 Å². The minimum Gasteiger partial charge on any atom is -0.383 e. The summed E-state index contributed by atoms with van der Waals surface area (Å²) in [4.78, 5) is 26.3. The zero-order valence-electron chi connectivity index (χ0n) is 12.9. The lowest BCUT2D eigenvalue weighted by molar-refractivity contribution is -0.173. The molecule has 0 radical (unpaired) electrons. The lowest BCUT2D eigenvalue weighted by atomic mass is 9.85. The zero-order valence-corrected chi connectivity index (χ0v) is 13.6. The Balaban J connectivity index is 1.66. The first-order valence-corrected chi connectivity index (χ1v) is 7.86. The van der Waals surface area contributed by atoms with Crippen LogP contribution in [0.1, 0.15) is 6.42 Å². The number of methoxy groups -OCH3 is 1. The SMILES string of the molecule is COCC1(C(=O)NC2CC(=O)N(c3ccccc3Cl)C2)COC1. The van der Waals surface area contributed by atoms with Crippen molar-refractivity contribution in [3.63, 3.8) is 0 Å². The topological polar surface area (TPSA) is 67.9 Å². The molecule has 6 nitrogen and oxygen atoms in total. The van der Waals surface area contributed by atoms with Crippen molar-refractivity contribution in [2.24, 2.45) is 5.41 Å². The number of para-hydroxylation sites is 1. The van der Waals surface area contributed by atoms with E-state index in [0.29, 0.717) is 37.1 Å². The number of nitrogens with zero attached hydrogens (tertiary/aromatic N) is 1. The highest BCUT2D eigenvalue weighted by atomic mass is 35.5. The van der Waals surface area contributed by atoms with E-state index in [4.69, 9.17) is 21.1 Å². The quantitative estimate of drug-likeness (QED) is 0.876. The molecule has 0 aromatic heterocycles. The van der Waals surface area contributed by atoms with Crippen LogP contribution in [-0.4, -0.2) is 51.3 Å². The molecule has 1 aromatic carbocycles. The summed E-state index contributed by atoms with van der Waals surface area (Å²) in [5.74, 6) is -0.168. The molecule has 1 atom stereocenters. The smallest absolute Gasteiger partial charge is 0.233 e. The molecular weight excluding hydrogens is 320 g/mol. The fraction of sp³-hybridized carbons (Fsp3) is 0.500. The summed E-state index contributed by atoms with van der Waals surface area (Å²) in [7, 11) is 1.56. The third-order valence-corrected chi connectivity index (χ3v) is 4.58. The molecule has 2 aliphatic heterocycles. The molecule has 2 fully saturated rings. The molecule has 23 heavy (non-hydrogen) atoms. The van der Waals surface area contributed by atoms with Gasteiger partial charge in [0.15, 0.2) is 0 Å². The fourth-order valence-electron chi connectivity index (χ4n) is 2.95. The Morgan fingerprint density at radius 2 is 2.22 bits per heavy atom. The molecule has 1 N–H and O–H groups in total. The number of benzene rings is 1. The van der Waals surface area contributed by atoms with Gasteiger partial charge in [0.05, 0.1) is 36.6 Å². The van der Waals surface area contributed by atoms with Gasteiger partial charge < -0.3 is 19.7 Å². The van der Waals surface area contributed by atoms with E-state index in [1.165, 1.54) is 0 Å². The van der Waals surface area contributed by atoms with Crippen LogP contribution >= 0.6 is 11.6 Å². The van der Waals surface area contributed by atoms with Gasteiger partial charge in [0.25, 0.3) is 0 Å². The molecule has 2 amide bonds. The summed E-state index contributed by atoms with van der Waals surface area (Å²) < 4.78 is 10.3. The largest absolute Gasteiger partial charge is 0.383 e. The van der Waals surface area contributed by atoms with Crippen LogP contribution in [0, 0.1) is 5.41 Å². The van der Waals surface area contributed by atoms with E-state index in [2.05, 4.69) is 5.32 Å². The molecule has 2 aliphatic rings. The average molecular weight is 339 g/mol. The Kier molecular flexibility index (Phi) is 4.57. The molecule has 0 aliphatic carbocycles. The molecule has 3 rings (SSSR count). The Morgan fingerprint density at radius 3 is 2.83 bits per heavy atom. The molecule has 2 heterocycles. The molecule has 7 heteroatoms. The average Bonchev–Trinajstić information content (AvgIpc) is 2.83. The first-order valence-electron chi connectivity index (χ1n) is 7.48. The third-order valence-electron chi connectivity index (χ3n) is 4.26. The number of hydrogen-bond donors (Lipinski definition) is 1. The van der Waals surface area contributed by atoms with Gasteiger partial charge in [-0.05, 0) is 12.1 Å². The van der Waals surface area contributed by atoms with Gasteiger partial charge in [-0.1, -0.05) is 23.7 Å². The maximum absolute atomic E-state index is 12.5. The lowest BCUT2D eigenvalue weighted by Crippen LogP contribution is -2.58. The number of rotatable bonds is 5. The van der Waals surface area contributed by atoms with E-state index >= 15 is 0 Å². The van der Waals surface area contributed by atoms with Crippen molar-refractivity contribution in [3.05, 3.63) is 29.3 Å². The van der Waals surface area contributed by atoms with Gasteiger partial charge in [0.1, 0.15) is 5.41 Å². The zero-order chi connectivity index (χ0) is 16.4. The first kappa shape index (κ1) is 16.2. The van der Waals surface area contributed by atoms with E-state index in [1.54, 1.807) is 24.1 Å². The van der Waals surface area contributed by atoms with E-state index in [1.807, 2.05) is 12.1 Å². The highest BCUT2D eigenvalue weighted by Gasteiger charge is 2.47. The Bertz CT molecular complexity index is 618. The second-order valence-electron chi connectivity index (χ2n) is 6.04. The Labute approximate surface area is 139 Å². The van der Waals surface area contributed by atoms with Crippen molar-refractivity contribution >= 4 is 29.1 Å². The van der Waals surface area contributed by atoms with Gasteiger partial charge in [-0.25, -0.2) is 0 Å². The summed E-state index contributed by atoms with van der Waals surface area (Å²) >= 11 is 6.15. The number of anilines is 1. The maximum Gasteiger partial charge on any atom is 0.233 e. The van der Waals surface area contributed by atoms with Crippen molar-refractivity contribution in [3.8, 4) is 0 Å². The maximum atomic E-state index is 12.5. The summed E-state index contributed by atoms with van der Waals surface area (Å²) in [5.41, 5.74) is 0.0461. The lowest BCUT2D eigenvalue weighted by Gasteiger charge is -2.39. The normalized spacial score (nSPS) is 22.8. The van der Waals surface area contributed by atoms with Gasteiger partial charge in [-0.15, -0.1) is 0 Å². The van der Waals surface area contributed by atoms with Crippen LogP contribution in [0.5, 0.6) is 0 Å². The minimum absolute atomic E-state index is 0.0472. The van der Waals surface area contributed by atoms with E-state index in [9.17, 15) is 9.59 Å². The van der Waals surface area contributed by atoms with Crippen LogP contribution in [0.3, 0.4) is 0 Å². The van der Waals surface area contributed by atoms with Gasteiger partial charge in [0.2, 0.25) is 11.8 Å². The molecule has 1 aromatic rings. The van der Waals surface area contributed by atoms with Gasteiger partial charge in [-0.2, -0.15) is 0 Å². The number of amides is 2. The van der Waals surface area contributed by atoms with Crippen molar-refractivity contribution in [2.45, 2.75) is 12.5 Å². The van der Waals surface area contributed by atoms with Crippen LogP contribution in [-0.2, 0) is 19.1 Å². The van der Waals surface area contributed by atoms with Crippen molar-refractivity contribution in [1.82, 2.24) is 5.32 Å². The van der Waals surface area contributed by atoms with E-state index in [-0.39, 0.29) is 24.3 Å². The van der Waals surface area contributed by atoms with Crippen LogP contribution in [0.4, 0.5) is 5.69 Å². The first-order chi connectivity index (χ1) is 11.1. The van der Waals surface area contributed by atoms with Gasteiger partial charge in [-0.3, -0.25) is 9.59 Å². The number of nitrogens with one attached hydrogen (secondary N) is 1. The van der Waals surface area contributed by atoms with Crippen LogP contribution in [0.15, 0.2) is 24.3 Å². The van der Waals surface area contributed by atoms with E-state index in [0.717, 1.165) is 0 Å². The Hall–Kier alpha value is -1.63.